The third-order valence-corrected chi connectivity index (χ3v) is 3.42. The van der Waals surface area contributed by atoms with E-state index in [1.54, 1.807) is 0 Å². The fraction of sp³-hybridized carbons (Fsp3) is 0.462. The van der Waals surface area contributed by atoms with Gasteiger partial charge in [-0.1, -0.05) is 0 Å². The van der Waals surface area contributed by atoms with Crippen molar-refractivity contribution >= 4 is 11.3 Å². The lowest BCUT2D eigenvalue weighted by atomic mass is 10.1. The van der Waals surface area contributed by atoms with Crippen molar-refractivity contribution in [3.05, 3.63) is 30.2 Å². The Hall–Kier alpha value is -1.55. The van der Waals surface area contributed by atoms with Crippen LogP contribution in [0.15, 0.2) is 24.5 Å². The van der Waals surface area contributed by atoms with Crippen LogP contribution in [-0.2, 0) is 0 Å². The molecule has 3 rings (SSSR count). The third-order valence-electron chi connectivity index (χ3n) is 3.42. The summed E-state index contributed by atoms with van der Waals surface area (Å²) in [4.78, 5) is 6.90. The fourth-order valence-electron chi connectivity index (χ4n) is 2.48. The third kappa shape index (κ3) is 1.78. The predicted octanol–water partition coefficient (Wildman–Crippen LogP) is 1.48. The SMILES string of the molecule is CN(C)c1nc(C2CCNC2)cn2cccc12. The average Bonchev–Trinajstić information content (AvgIpc) is 2.98. The van der Waals surface area contributed by atoms with Gasteiger partial charge in [-0.05, 0) is 25.1 Å². The van der Waals surface area contributed by atoms with E-state index >= 15 is 0 Å². The molecule has 1 atom stereocenters. The van der Waals surface area contributed by atoms with Gasteiger partial charge >= 0.3 is 0 Å². The second kappa shape index (κ2) is 4.04. The molecule has 4 nitrogen and oxygen atoms in total. The summed E-state index contributed by atoms with van der Waals surface area (Å²) < 4.78 is 2.18. The maximum absolute atomic E-state index is 4.82. The molecule has 3 heterocycles. The maximum atomic E-state index is 4.82. The molecule has 1 unspecified atom stereocenters. The van der Waals surface area contributed by atoms with Crippen LogP contribution in [0.2, 0.25) is 0 Å². The van der Waals surface area contributed by atoms with Gasteiger partial charge in [0.15, 0.2) is 5.82 Å². The van der Waals surface area contributed by atoms with Crippen LogP contribution < -0.4 is 10.2 Å². The summed E-state index contributed by atoms with van der Waals surface area (Å²) in [6.07, 6.45) is 5.45. The minimum absolute atomic E-state index is 0.556. The molecular formula is C13H18N4. The normalized spacial score (nSPS) is 20.0. The van der Waals surface area contributed by atoms with Crippen LogP contribution in [0.1, 0.15) is 18.0 Å². The van der Waals surface area contributed by atoms with E-state index in [4.69, 9.17) is 4.98 Å². The van der Waals surface area contributed by atoms with Gasteiger partial charge in [-0.15, -0.1) is 0 Å². The molecule has 2 aromatic rings. The van der Waals surface area contributed by atoms with E-state index in [0.717, 1.165) is 18.9 Å². The topological polar surface area (TPSA) is 32.6 Å². The number of anilines is 1. The molecular weight excluding hydrogens is 212 g/mol. The zero-order valence-corrected chi connectivity index (χ0v) is 10.3. The van der Waals surface area contributed by atoms with Gasteiger partial charge in [-0.2, -0.15) is 0 Å². The summed E-state index contributed by atoms with van der Waals surface area (Å²) in [5.41, 5.74) is 2.37. The lowest BCUT2D eigenvalue weighted by Crippen LogP contribution is -2.15. The van der Waals surface area contributed by atoms with Gasteiger partial charge in [-0.3, -0.25) is 0 Å². The first-order valence-corrected chi connectivity index (χ1v) is 6.11. The second-order valence-corrected chi connectivity index (χ2v) is 4.87. The number of hydrogen-bond acceptors (Lipinski definition) is 3. The van der Waals surface area contributed by atoms with E-state index in [9.17, 15) is 0 Å². The number of fused-ring (bicyclic) bond motifs is 1. The molecule has 1 aliphatic rings. The molecule has 1 N–H and O–H groups in total. The molecule has 1 fully saturated rings. The summed E-state index contributed by atoms with van der Waals surface area (Å²) in [5.74, 6) is 1.61. The first-order valence-electron chi connectivity index (χ1n) is 6.11. The van der Waals surface area contributed by atoms with Crippen LogP contribution in [0.3, 0.4) is 0 Å². The summed E-state index contributed by atoms with van der Waals surface area (Å²) in [6.45, 7) is 2.15. The molecule has 0 radical (unpaired) electrons. The van der Waals surface area contributed by atoms with Crippen molar-refractivity contribution in [1.29, 1.82) is 0 Å². The van der Waals surface area contributed by atoms with Crippen LogP contribution in [0.4, 0.5) is 5.82 Å². The van der Waals surface area contributed by atoms with E-state index in [1.165, 1.54) is 17.6 Å². The quantitative estimate of drug-likeness (QED) is 0.848. The van der Waals surface area contributed by atoms with Crippen molar-refractivity contribution in [2.75, 3.05) is 32.1 Å². The molecule has 0 spiro atoms. The standard InChI is InChI=1S/C13H18N4/c1-16(2)13-12-4-3-7-17(12)9-11(15-13)10-5-6-14-8-10/h3-4,7,9-10,14H,5-6,8H2,1-2H3. The minimum atomic E-state index is 0.556. The van der Waals surface area contributed by atoms with E-state index in [0.29, 0.717) is 5.92 Å². The maximum Gasteiger partial charge on any atom is 0.152 e. The lowest BCUT2D eigenvalue weighted by Gasteiger charge is -2.17. The van der Waals surface area contributed by atoms with E-state index in [1.807, 2.05) is 14.1 Å². The van der Waals surface area contributed by atoms with Crippen molar-refractivity contribution in [1.82, 2.24) is 14.7 Å². The Labute approximate surface area is 101 Å². The lowest BCUT2D eigenvalue weighted by molar-refractivity contribution is 0.725. The zero-order valence-electron chi connectivity index (χ0n) is 10.3. The summed E-state index contributed by atoms with van der Waals surface area (Å²) in [5, 5.41) is 3.40. The Morgan fingerprint density at radius 2 is 2.35 bits per heavy atom. The van der Waals surface area contributed by atoms with Crippen molar-refractivity contribution in [2.45, 2.75) is 12.3 Å². The largest absolute Gasteiger partial charge is 0.361 e. The number of aromatic nitrogens is 2. The van der Waals surface area contributed by atoms with Gasteiger partial charge in [0.25, 0.3) is 0 Å². The molecule has 0 aliphatic carbocycles. The Morgan fingerprint density at radius 3 is 3.06 bits per heavy atom. The van der Waals surface area contributed by atoms with Crippen LogP contribution in [-0.4, -0.2) is 36.6 Å². The Kier molecular flexibility index (Phi) is 2.52. The summed E-state index contributed by atoms with van der Waals surface area (Å²) >= 11 is 0. The summed E-state index contributed by atoms with van der Waals surface area (Å²) in [6, 6.07) is 4.18. The van der Waals surface area contributed by atoms with Gasteiger partial charge < -0.3 is 14.6 Å². The van der Waals surface area contributed by atoms with Crippen molar-refractivity contribution in [3.63, 3.8) is 0 Å². The Balaban J connectivity index is 2.12. The Morgan fingerprint density at radius 1 is 1.47 bits per heavy atom. The van der Waals surface area contributed by atoms with Crippen LogP contribution in [0, 0.1) is 0 Å². The van der Waals surface area contributed by atoms with E-state index in [2.05, 4.69) is 39.1 Å². The number of hydrogen-bond donors (Lipinski definition) is 1. The number of rotatable bonds is 2. The molecule has 4 heteroatoms. The highest BCUT2D eigenvalue weighted by Gasteiger charge is 2.20. The van der Waals surface area contributed by atoms with Crippen molar-refractivity contribution in [3.8, 4) is 0 Å². The highest BCUT2D eigenvalue weighted by molar-refractivity contribution is 5.69. The number of nitrogens with zero attached hydrogens (tertiary/aromatic N) is 3. The molecule has 0 amide bonds. The summed E-state index contributed by atoms with van der Waals surface area (Å²) in [7, 11) is 4.10. The first kappa shape index (κ1) is 10.6. The monoisotopic (exact) mass is 230 g/mol. The Bertz CT molecular complexity index is 523. The van der Waals surface area contributed by atoms with Gasteiger partial charge in [0.05, 0.1) is 11.2 Å². The van der Waals surface area contributed by atoms with E-state index < -0.39 is 0 Å². The van der Waals surface area contributed by atoms with Gasteiger partial charge in [0, 0.05) is 39.0 Å². The van der Waals surface area contributed by atoms with Crippen molar-refractivity contribution in [2.24, 2.45) is 0 Å². The molecule has 0 bridgehead atoms. The van der Waals surface area contributed by atoms with Gasteiger partial charge in [0.2, 0.25) is 0 Å². The molecule has 2 aromatic heterocycles. The highest BCUT2D eigenvalue weighted by Crippen LogP contribution is 2.25. The molecule has 17 heavy (non-hydrogen) atoms. The highest BCUT2D eigenvalue weighted by atomic mass is 15.2. The van der Waals surface area contributed by atoms with Crippen LogP contribution in [0.5, 0.6) is 0 Å². The smallest absolute Gasteiger partial charge is 0.152 e. The molecule has 1 saturated heterocycles. The second-order valence-electron chi connectivity index (χ2n) is 4.87. The number of nitrogens with one attached hydrogen (secondary N) is 1. The van der Waals surface area contributed by atoms with Crippen LogP contribution in [0.25, 0.3) is 5.52 Å². The molecule has 0 saturated carbocycles. The van der Waals surface area contributed by atoms with Gasteiger partial charge in [0.1, 0.15) is 0 Å². The van der Waals surface area contributed by atoms with Crippen LogP contribution >= 0.6 is 0 Å². The molecule has 90 valence electrons. The average molecular weight is 230 g/mol. The first-order chi connectivity index (χ1) is 8.25. The minimum Gasteiger partial charge on any atom is -0.361 e. The zero-order chi connectivity index (χ0) is 11.8. The van der Waals surface area contributed by atoms with Crippen molar-refractivity contribution < 1.29 is 0 Å². The molecule has 1 aliphatic heterocycles. The van der Waals surface area contributed by atoms with E-state index in [-0.39, 0.29) is 0 Å². The van der Waals surface area contributed by atoms with Gasteiger partial charge in [-0.25, -0.2) is 4.98 Å². The fourth-order valence-corrected chi connectivity index (χ4v) is 2.48. The predicted molar refractivity (Wildman–Crippen MR) is 69.7 cm³/mol. The molecule has 0 aromatic carbocycles.